The SMILES string of the molecule is C.C.C.C.C.C1CCOC1.COc1c(CN2O[C@@H](CO)[C@@H]([C@H](C)O)[C@H]2C(=O)N[C@H]2C[C@H]3C[C@@H]([C@@H]2C)C3(C)C)cccc1-c1cc(C(=O)N[C@H](CN(C)C)[C@@H](NS(C)(=O)=O)c2ccccc2)cc(N(C)CCO[Si](C)(C)C(C)(C)C)c1.COc1c(CN2O[C@@H](CO)[C@@H]([C@H](C)O)[C@H]2C(=O)N[C@H]2C[C@H]3C[C@@H]([C@@H]2C)C3(C)C)cccc1C1C=C(C(=O)N[C@H](CN(C)C)[C@@H](NS(C)(=O)=O)c2ccccc2)C=C(N(C)CCO)C1.S.S. The first-order chi connectivity index (χ1) is 64.9. The van der Waals surface area contributed by atoms with Crippen molar-refractivity contribution in [2.24, 2.45) is 58.2 Å². The largest absolute Gasteiger partial charge is 0.496 e. The molecule has 0 aromatic heterocycles. The van der Waals surface area contributed by atoms with Gasteiger partial charge in [-0.25, -0.2) is 26.3 Å². The average Bonchev–Trinajstić information content (AvgIpc) is 1.13. The fourth-order valence-electron chi connectivity index (χ4n) is 22.2. The fourth-order valence-corrected chi connectivity index (χ4v) is 24.7. The zero-order valence-corrected chi connectivity index (χ0v) is 91.3. The standard InChI is InChI=1S/C53H82N6O9SSi.C47H70N6O9S.C4H8O.5CH4.2H2S/c1-33-42-28-39(53(42,6)7)29-43(33)54-51(63)48-46(34(2)61)45(32-60)68-59(48)30-36-21-18-22-41(49(36)66-11)37-25-38(27-40(26-37)58(10)23-24-67-70(13,14)52(3,4)5)50(62)55-44(31-57(8)9)47(56-69(12,64)65)35-19-16-15-17-20-35;1-28-37-23-34(47(37,3)4)24-38(28)48-46(58)43-41(29(2)56)40(27-55)62-53(43)25-31-16-13-17-36(44(31)61-8)32-20-33(22-35(21-32)52(7)18-19-54)45(57)49-39(26-51(5)6)42(50-63(9,59)60)30-14-11-10-12-15-30;1-2-4-5-3-1;;;;;;;/h15-22,25-27,33-34,39,42-48,56,60-61H,23-24,28-32H2,1-14H3,(H,54,63)(H,55,62);10-17,20,22,28-29,32,34,37-43,50,54-56H,18-19,21,23-27H2,1-9H3,(H,48,58)(H,49,57);1-4H2;5*1H4;2*1H2/t33-,34-,39+,42-,43-,44+,45-,46+,47-,48-;28-,29-,32?,34+,37-,38-,39+,40-,41+,42-,43-;;;;;;;;/m00......../s1. The number of para-hydroxylation sites is 2. The Morgan fingerprint density at radius 1 is 0.586 bits per heavy atom. The molecule has 822 valence electrons. The summed E-state index contributed by atoms with van der Waals surface area (Å²) in [7, 11) is 4.96. The van der Waals surface area contributed by atoms with Gasteiger partial charge in [-0.3, -0.25) is 28.9 Å². The number of methoxy groups -OCH3 is 2. The molecule has 6 saturated carbocycles. The van der Waals surface area contributed by atoms with Gasteiger partial charge in [0.25, 0.3) is 11.8 Å². The van der Waals surface area contributed by atoms with Crippen LogP contribution in [0.1, 0.15) is 214 Å². The molecule has 5 aromatic carbocycles. The van der Waals surface area contributed by atoms with E-state index in [1.807, 2.05) is 172 Å². The maximum Gasteiger partial charge on any atom is 0.251 e. The van der Waals surface area contributed by atoms with Crippen molar-refractivity contribution in [3.63, 3.8) is 0 Å². The molecule has 4 bridgehead atoms. The molecule has 36 heteroatoms. The van der Waals surface area contributed by atoms with E-state index in [0.717, 1.165) is 55.5 Å². The third kappa shape index (κ3) is 32.0. The number of hydroxylamine groups is 4. The summed E-state index contributed by atoms with van der Waals surface area (Å²) in [5, 5.41) is 69.3. The van der Waals surface area contributed by atoms with E-state index in [0.29, 0.717) is 125 Å². The number of hydrogen-bond acceptors (Lipinski definition) is 25. The van der Waals surface area contributed by atoms with Crippen LogP contribution in [0, 0.1) is 58.2 Å². The highest BCUT2D eigenvalue weighted by molar-refractivity contribution is 7.89. The molecule has 3 aliphatic heterocycles. The molecular formula is C109H184N12O19S4Si. The van der Waals surface area contributed by atoms with Gasteiger partial charge in [-0.2, -0.15) is 37.1 Å². The summed E-state index contributed by atoms with van der Waals surface area (Å²) in [4.78, 5) is 78.6. The van der Waals surface area contributed by atoms with Crippen LogP contribution in [-0.4, -0.2) is 295 Å². The van der Waals surface area contributed by atoms with Crippen LogP contribution in [0.3, 0.4) is 0 Å². The lowest BCUT2D eigenvalue weighted by molar-refractivity contribution is -0.183. The smallest absolute Gasteiger partial charge is 0.251 e. The molecule has 9 fully saturated rings. The van der Waals surface area contributed by atoms with Crippen molar-refractivity contribution >= 4 is 84.7 Å². The van der Waals surface area contributed by atoms with Gasteiger partial charge < -0.3 is 85.0 Å². The van der Waals surface area contributed by atoms with Gasteiger partial charge in [0, 0.05) is 128 Å². The monoisotopic (exact) mass is 2120 g/mol. The summed E-state index contributed by atoms with van der Waals surface area (Å²) in [5.74, 6) is 0.615. The maximum absolute atomic E-state index is 14.8. The molecule has 7 aliphatic carbocycles. The molecule has 4 amide bonds. The molecule has 5 aromatic rings. The minimum absolute atomic E-state index is 0. The van der Waals surface area contributed by atoms with E-state index in [2.05, 4.69) is 111 Å². The molecule has 145 heavy (non-hydrogen) atoms. The van der Waals surface area contributed by atoms with Crippen LogP contribution in [0.25, 0.3) is 11.1 Å². The van der Waals surface area contributed by atoms with Crippen molar-refractivity contribution in [3.8, 4) is 22.6 Å². The second kappa shape index (κ2) is 55.8. The van der Waals surface area contributed by atoms with Crippen LogP contribution in [0.4, 0.5) is 5.69 Å². The third-order valence-electron chi connectivity index (χ3n) is 31.1. The van der Waals surface area contributed by atoms with Crippen molar-refractivity contribution in [3.05, 3.63) is 172 Å². The Labute approximate surface area is 885 Å². The van der Waals surface area contributed by atoms with Crippen LogP contribution in [0.15, 0.2) is 139 Å². The number of fused-ring (bicyclic) bond motifs is 4. The minimum atomic E-state index is -3.71. The van der Waals surface area contributed by atoms with E-state index in [1.54, 1.807) is 50.3 Å². The number of anilines is 1. The Kier molecular flexibility index (Phi) is 50.1. The number of carbonyl (C=O) groups is 4. The van der Waals surface area contributed by atoms with Gasteiger partial charge >= 0.3 is 0 Å². The number of aliphatic hydroxyl groups is 5. The molecule has 31 nitrogen and oxygen atoms in total. The average molecular weight is 2120 g/mol. The van der Waals surface area contributed by atoms with Crippen molar-refractivity contribution < 1.29 is 89.9 Å². The van der Waals surface area contributed by atoms with E-state index < -0.39 is 113 Å². The van der Waals surface area contributed by atoms with Gasteiger partial charge in [-0.1, -0.05) is 203 Å². The number of hydrogen-bond donors (Lipinski definition) is 11. The maximum atomic E-state index is 14.8. The van der Waals surface area contributed by atoms with Gasteiger partial charge in [-0.05, 0) is 192 Å². The molecule has 1 unspecified atom stereocenters. The summed E-state index contributed by atoms with van der Waals surface area (Å²) in [6.45, 7) is 31.3. The Morgan fingerprint density at radius 3 is 1.41 bits per heavy atom. The number of nitrogens with one attached hydrogen (secondary N) is 6. The van der Waals surface area contributed by atoms with E-state index in [-0.39, 0.29) is 149 Å². The lowest BCUT2D eigenvalue weighted by atomic mass is 9.45. The predicted molar refractivity (Wildman–Crippen MR) is 595 cm³/mol. The number of amides is 4. The Morgan fingerprint density at radius 2 is 1.03 bits per heavy atom. The molecule has 10 aliphatic rings. The van der Waals surface area contributed by atoms with Crippen molar-refractivity contribution in [2.45, 2.75) is 268 Å². The number of carbonyl (C=O) groups excluding carboxylic acids is 4. The van der Waals surface area contributed by atoms with Gasteiger partial charge in [0.1, 0.15) is 35.8 Å². The minimum Gasteiger partial charge on any atom is -0.496 e. The van der Waals surface area contributed by atoms with Crippen LogP contribution in [0.2, 0.25) is 18.1 Å². The number of nitrogens with zero attached hydrogens (tertiary/aromatic N) is 6. The Bertz CT molecular complexity index is 5220. The van der Waals surface area contributed by atoms with E-state index in [1.165, 1.54) is 25.7 Å². The first kappa shape index (κ1) is 130. The van der Waals surface area contributed by atoms with Crippen LogP contribution < -0.4 is 45.1 Å². The number of allylic oxidation sites excluding steroid dienone is 2. The highest BCUT2D eigenvalue weighted by atomic mass is 32.2. The number of sulfonamides is 2. The molecule has 21 atom stereocenters. The Hall–Kier alpha value is -7.12. The Balaban J connectivity index is 0.000000552. The van der Waals surface area contributed by atoms with Gasteiger partial charge in [0.05, 0.1) is 103 Å². The van der Waals surface area contributed by atoms with Crippen molar-refractivity contribution in [1.29, 1.82) is 0 Å². The number of ether oxygens (including phenoxy) is 3. The highest BCUT2D eigenvalue weighted by Gasteiger charge is 2.60. The molecule has 11 N–H and O–H groups in total. The van der Waals surface area contributed by atoms with Gasteiger partial charge in [0.2, 0.25) is 31.9 Å². The molecule has 0 radical (unpaired) electrons. The number of likely N-dealkylation sites (N-methyl/N-ethyl adjacent to an activating group) is 4. The zero-order chi connectivity index (χ0) is 101. The lowest BCUT2D eigenvalue weighted by Gasteiger charge is -2.62. The summed E-state index contributed by atoms with van der Waals surface area (Å²) in [6.07, 6.45) is 9.50. The van der Waals surface area contributed by atoms with E-state index in [4.69, 9.17) is 28.3 Å². The second-order valence-electron chi connectivity index (χ2n) is 43.1. The van der Waals surface area contributed by atoms with Crippen LogP contribution >= 0.6 is 27.0 Å². The van der Waals surface area contributed by atoms with Crippen LogP contribution in [-0.2, 0) is 66.4 Å². The molecule has 3 heterocycles. The lowest BCUT2D eigenvalue weighted by Crippen LogP contribution is -2.62. The molecule has 3 saturated heterocycles. The number of benzene rings is 5. The fraction of sp³-hybridized carbons (Fsp3) is 0.651. The van der Waals surface area contributed by atoms with Gasteiger partial charge in [0.15, 0.2) is 8.32 Å². The number of rotatable bonds is 40. The first-order valence-electron chi connectivity index (χ1n) is 49.1. The molecule has 15 rings (SSSR count). The summed E-state index contributed by atoms with van der Waals surface area (Å²) >= 11 is 0. The van der Waals surface area contributed by atoms with Crippen molar-refractivity contribution in [2.75, 3.05) is 140 Å². The second-order valence-corrected chi connectivity index (χ2v) is 51.4. The molecule has 0 spiro atoms. The molecular weight excluding hydrogens is 1940 g/mol. The van der Waals surface area contributed by atoms with E-state index >= 15 is 0 Å². The third-order valence-corrected chi connectivity index (χ3v) is 37.0. The quantitative estimate of drug-likeness (QED) is 0.0162. The van der Waals surface area contributed by atoms with Gasteiger partial charge in [-0.15, -0.1) is 0 Å². The van der Waals surface area contributed by atoms with E-state index in [9.17, 15) is 61.5 Å². The number of aliphatic hydroxyl groups excluding tert-OH is 5. The zero-order valence-electron chi connectivity index (χ0n) is 86.6. The van der Waals surface area contributed by atoms with Crippen molar-refractivity contribution in [1.82, 2.24) is 55.5 Å². The summed E-state index contributed by atoms with van der Waals surface area (Å²) in [5.41, 5.74) is 7.65. The predicted octanol–water partition coefficient (Wildman–Crippen LogP) is 13.5. The van der Waals surface area contributed by atoms with Crippen LogP contribution in [0.5, 0.6) is 11.5 Å². The first-order valence-corrected chi connectivity index (χ1v) is 55.8. The highest BCUT2D eigenvalue weighted by Crippen LogP contribution is 2.63. The summed E-state index contributed by atoms with van der Waals surface area (Å²) < 4.78 is 80.4. The normalized spacial score (nSPS) is 25.1. The summed E-state index contributed by atoms with van der Waals surface area (Å²) in [6, 6.07) is 30.7. The topological polar surface area (TPSA) is 385 Å².